The van der Waals surface area contributed by atoms with E-state index < -0.39 is 12.2 Å². The van der Waals surface area contributed by atoms with Gasteiger partial charge in [-0.25, -0.2) is 0 Å². The summed E-state index contributed by atoms with van der Waals surface area (Å²) in [5.41, 5.74) is 1.99. The van der Waals surface area contributed by atoms with Crippen molar-refractivity contribution in [1.82, 2.24) is 0 Å². The maximum Gasteiger partial charge on any atom is 0.126 e. The van der Waals surface area contributed by atoms with Gasteiger partial charge in [0.25, 0.3) is 0 Å². The van der Waals surface area contributed by atoms with Crippen LogP contribution in [0.15, 0.2) is 12.1 Å². The van der Waals surface area contributed by atoms with Crippen LogP contribution in [0.1, 0.15) is 37.8 Å². The van der Waals surface area contributed by atoms with Gasteiger partial charge < -0.3 is 14.9 Å². The predicted octanol–water partition coefficient (Wildman–Crippen LogP) is 2.98. The number of benzene rings is 1. The third-order valence-electron chi connectivity index (χ3n) is 4.18. The zero-order chi connectivity index (χ0) is 14.7. The average molecular weight is 299 g/mol. The molecule has 0 fully saturated rings. The monoisotopic (exact) mass is 298 g/mol. The number of hydrogen-bond donors (Lipinski definition) is 2. The highest BCUT2D eigenvalue weighted by molar-refractivity contribution is 6.30. The third-order valence-corrected chi connectivity index (χ3v) is 4.40. The Kier molecular flexibility index (Phi) is 5.30. The summed E-state index contributed by atoms with van der Waals surface area (Å²) in [5, 5.41) is 21.2. The van der Waals surface area contributed by atoms with Gasteiger partial charge in [-0.3, -0.25) is 0 Å². The maximum absolute atomic E-state index is 10.3. The zero-order valence-electron chi connectivity index (χ0n) is 12.1. The molecule has 1 aliphatic rings. The Labute approximate surface area is 125 Å². The first-order valence-corrected chi connectivity index (χ1v) is 7.74. The molecule has 2 unspecified atom stereocenters. The van der Waals surface area contributed by atoms with Crippen molar-refractivity contribution in [2.45, 2.75) is 51.7 Å². The molecule has 112 valence electrons. The van der Waals surface area contributed by atoms with Crippen molar-refractivity contribution in [3.63, 3.8) is 0 Å². The van der Waals surface area contributed by atoms with E-state index in [0.29, 0.717) is 18.1 Å². The Balaban J connectivity index is 2.14. The highest BCUT2D eigenvalue weighted by atomic mass is 35.5. The molecule has 3 nitrogen and oxygen atoms in total. The van der Waals surface area contributed by atoms with Gasteiger partial charge in [-0.05, 0) is 29.2 Å². The highest BCUT2D eigenvalue weighted by Gasteiger charge is 2.26. The highest BCUT2D eigenvalue weighted by Crippen LogP contribution is 2.34. The fraction of sp³-hybridized carbons (Fsp3) is 0.625. The van der Waals surface area contributed by atoms with Gasteiger partial charge in [-0.1, -0.05) is 38.3 Å². The number of fused-ring (bicyclic) bond motifs is 1. The standard InChI is InChI=1S/C16H23ClO3/c1-3-10(4-2)15(19)14(18)9-12-8-13(17)7-11-5-6-20-16(11)12/h7-8,10,14-15,18-19H,3-6,9H2,1-2H3. The largest absolute Gasteiger partial charge is 0.493 e. The first kappa shape index (κ1) is 15.6. The van der Waals surface area contributed by atoms with E-state index in [9.17, 15) is 10.2 Å². The molecule has 1 heterocycles. The van der Waals surface area contributed by atoms with Crippen LogP contribution in [0, 0.1) is 5.92 Å². The molecule has 0 radical (unpaired) electrons. The second-order valence-electron chi connectivity index (χ2n) is 5.49. The molecule has 2 rings (SSSR count). The summed E-state index contributed by atoms with van der Waals surface area (Å²) in [4.78, 5) is 0. The van der Waals surface area contributed by atoms with Gasteiger partial charge in [0.05, 0.1) is 18.8 Å². The minimum atomic E-state index is -0.785. The Bertz CT molecular complexity index is 457. The Morgan fingerprint density at radius 1 is 1.25 bits per heavy atom. The lowest BCUT2D eigenvalue weighted by Crippen LogP contribution is -2.34. The van der Waals surface area contributed by atoms with E-state index in [-0.39, 0.29) is 5.92 Å². The van der Waals surface area contributed by atoms with Crippen molar-refractivity contribution in [1.29, 1.82) is 0 Å². The van der Waals surface area contributed by atoms with E-state index in [1.165, 1.54) is 0 Å². The van der Waals surface area contributed by atoms with E-state index in [0.717, 1.165) is 36.1 Å². The van der Waals surface area contributed by atoms with Crippen molar-refractivity contribution in [3.8, 4) is 5.75 Å². The predicted molar refractivity (Wildman–Crippen MR) is 80.4 cm³/mol. The molecule has 0 saturated carbocycles. The molecule has 1 aromatic rings. The van der Waals surface area contributed by atoms with Crippen molar-refractivity contribution in [3.05, 3.63) is 28.3 Å². The van der Waals surface area contributed by atoms with Gasteiger partial charge in [-0.2, -0.15) is 0 Å². The fourth-order valence-electron chi connectivity index (χ4n) is 2.93. The molecule has 0 aromatic heterocycles. The molecule has 1 aromatic carbocycles. The summed E-state index contributed by atoms with van der Waals surface area (Å²) in [7, 11) is 0. The molecule has 20 heavy (non-hydrogen) atoms. The smallest absolute Gasteiger partial charge is 0.126 e. The summed E-state index contributed by atoms with van der Waals surface area (Å²) in [6.45, 7) is 4.72. The van der Waals surface area contributed by atoms with Crippen molar-refractivity contribution in [2.24, 2.45) is 5.92 Å². The quantitative estimate of drug-likeness (QED) is 0.849. The Morgan fingerprint density at radius 3 is 2.60 bits per heavy atom. The number of halogens is 1. The van der Waals surface area contributed by atoms with E-state index in [2.05, 4.69) is 0 Å². The van der Waals surface area contributed by atoms with Crippen LogP contribution in [0.2, 0.25) is 5.02 Å². The number of ether oxygens (including phenoxy) is 1. The fourth-order valence-corrected chi connectivity index (χ4v) is 3.19. The molecule has 0 spiro atoms. The molecule has 4 heteroatoms. The number of aliphatic hydroxyl groups excluding tert-OH is 2. The number of aliphatic hydroxyl groups is 2. The molecule has 2 atom stereocenters. The van der Waals surface area contributed by atoms with Crippen LogP contribution in [0.5, 0.6) is 5.75 Å². The van der Waals surface area contributed by atoms with Crippen LogP contribution >= 0.6 is 11.6 Å². The number of rotatable bonds is 6. The molecular weight excluding hydrogens is 276 g/mol. The molecule has 0 saturated heterocycles. The topological polar surface area (TPSA) is 49.7 Å². The van der Waals surface area contributed by atoms with E-state index in [4.69, 9.17) is 16.3 Å². The maximum atomic E-state index is 10.3. The third kappa shape index (κ3) is 3.27. The molecule has 0 bridgehead atoms. The van der Waals surface area contributed by atoms with Crippen LogP contribution in [-0.2, 0) is 12.8 Å². The minimum absolute atomic E-state index is 0.123. The summed E-state index contributed by atoms with van der Waals surface area (Å²) < 4.78 is 5.63. The lowest BCUT2D eigenvalue weighted by molar-refractivity contribution is -0.0189. The zero-order valence-corrected chi connectivity index (χ0v) is 12.9. The lowest BCUT2D eigenvalue weighted by atomic mass is 9.89. The summed E-state index contributed by atoms with van der Waals surface area (Å²) in [6.07, 6.45) is 1.46. The van der Waals surface area contributed by atoms with Crippen molar-refractivity contribution < 1.29 is 14.9 Å². The van der Waals surface area contributed by atoms with Gasteiger partial charge in [0.1, 0.15) is 5.75 Å². The van der Waals surface area contributed by atoms with Gasteiger partial charge in [0.2, 0.25) is 0 Å². The van der Waals surface area contributed by atoms with Gasteiger partial charge in [0, 0.05) is 17.9 Å². The van der Waals surface area contributed by atoms with Gasteiger partial charge in [-0.15, -0.1) is 0 Å². The second-order valence-corrected chi connectivity index (χ2v) is 5.93. The normalized spacial score (nSPS) is 16.9. The first-order valence-electron chi connectivity index (χ1n) is 7.37. The van der Waals surface area contributed by atoms with Crippen LogP contribution in [0.3, 0.4) is 0 Å². The van der Waals surface area contributed by atoms with Crippen LogP contribution in [0.25, 0.3) is 0 Å². The summed E-state index contributed by atoms with van der Waals surface area (Å²) in [5.74, 6) is 0.961. The lowest BCUT2D eigenvalue weighted by Gasteiger charge is -2.25. The molecular formula is C16H23ClO3. The Morgan fingerprint density at radius 2 is 1.95 bits per heavy atom. The molecule has 2 N–H and O–H groups in total. The first-order chi connectivity index (χ1) is 9.56. The van der Waals surface area contributed by atoms with E-state index in [1.54, 1.807) is 0 Å². The van der Waals surface area contributed by atoms with Gasteiger partial charge >= 0.3 is 0 Å². The SMILES string of the molecule is CCC(CC)C(O)C(O)Cc1cc(Cl)cc2c1OCC2. The van der Waals surface area contributed by atoms with Crippen LogP contribution in [0.4, 0.5) is 0 Å². The van der Waals surface area contributed by atoms with E-state index in [1.807, 2.05) is 26.0 Å². The molecule has 0 amide bonds. The second kappa shape index (κ2) is 6.79. The Hall–Kier alpha value is -0.770. The van der Waals surface area contributed by atoms with Crippen molar-refractivity contribution in [2.75, 3.05) is 6.61 Å². The summed E-state index contributed by atoms with van der Waals surface area (Å²) >= 11 is 6.11. The minimum Gasteiger partial charge on any atom is -0.493 e. The summed E-state index contributed by atoms with van der Waals surface area (Å²) in [6, 6.07) is 3.74. The molecule has 0 aliphatic carbocycles. The van der Waals surface area contributed by atoms with Crippen molar-refractivity contribution >= 4 is 11.6 Å². The van der Waals surface area contributed by atoms with Crippen LogP contribution < -0.4 is 4.74 Å². The van der Waals surface area contributed by atoms with Gasteiger partial charge in [0.15, 0.2) is 0 Å². The van der Waals surface area contributed by atoms with E-state index >= 15 is 0 Å². The molecule has 1 aliphatic heterocycles. The number of hydrogen-bond acceptors (Lipinski definition) is 3. The average Bonchev–Trinajstić information content (AvgIpc) is 2.88. The van der Waals surface area contributed by atoms with Crippen LogP contribution in [-0.4, -0.2) is 29.0 Å².